The minimum atomic E-state index is 0.831. The lowest BCUT2D eigenvalue weighted by Crippen LogP contribution is -2.02. The first-order valence-corrected chi connectivity index (χ1v) is 15.0. The van der Waals surface area contributed by atoms with Gasteiger partial charge >= 0.3 is 0 Å². The van der Waals surface area contributed by atoms with Gasteiger partial charge < -0.3 is 5.32 Å². The lowest BCUT2D eigenvalue weighted by Gasteiger charge is -2.24. The van der Waals surface area contributed by atoms with Crippen LogP contribution in [-0.4, -0.2) is 4.98 Å². The number of nitrogens with one attached hydrogen (secondary N) is 1. The molecule has 0 radical (unpaired) electrons. The maximum Gasteiger partial charge on any atom is 0.0704 e. The van der Waals surface area contributed by atoms with Crippen LogP contribution in [0.3, 0.4) is 0 Å². The molecule has 1 saturated carbocycles. The molecule has 8 rings (SSSR count). The summed E-state index contributed by atoms with van der Waals surface area (Å²) in [5.74, 6) is 0.831. The smallest absolute Gasteiger partial charge is 0.0704 e. The van der Waals surface area contributed by atoms with E-state index in [-0.39, 0.29) is 0 Å². The van der Waals surface area contributed by atoms with Gasteiger partial charge in [0.05, 0.1) is 5.69 Å². The fraction of sp³-hybridized carbons (Fsp3) is 0.194. The molecule has 0 saturated heterocycles. The van der Waals surface area contributed by atoms with Crippen LogP contribution in [0.1, 0.15) is 36.8 Å². The average Bonchev–Trinajstić information content (AvgIpc) is 3.61. The van der Waals surface area contributed by atoms with E-state index in [4.69, 9.17) is 4.98 Å². The van der Waals surface area contributed by atoms with Crippen molar-refractivity contribution in [1.29, 1.82) is 0 Å². The summed E-state index contributed by atoms with van der Waals surface area (Å²) >= 11 is 1.88. The van der Waals surface area contributed by atoms with Crippen LogP contribution >= 0.6 is 11.3 Å². The number of fused-ring (bicyclic) bond motifs is 10. The summed E-state index contributed by atoms with van der Waals surface area (Å²) in [6.45, 7) is 2.28. The Bertz CT molecular complexity index is 1890. The molecule has 3 heteroatoms. The number of rotatable bonds is 3. The van der Waals surface area contributed by atoms with Crippen molar-refractivity contribution >= 4 is 42.9 Å². The summed E-state index contributed by atoms with van der Waals surface area (Å²) in [6, 6.07) is 31.4. The Morgan fingerprint density at radius 2 is 1.64 bits per heavy atom. The van der Waals surface area contributed by atoms with E-state index in [9.17, 15) is 0 Å². The molecule has 1 aliphatic carbocycles. The second kappa shape index (κ2) is 9.07. The van der Waals surface area contributed by atoms with E-state index in [1.165, 1.54) is 91.2 Å². The topological polar surface area (TPSA) is 24.9 Å². The highest BCUT2D eigenvalue weighted by molar-refractivity contribution is 7.26. The zero-order chi connectivity index (χ0) is 25.9. The molecule has 2 nitrogen and oxygen atoms in total. The lowest BCUT2D eigenvalue weighted by molar-refractivity contribution is 0.546. The average molecular weight is 523 g/mol. The summed E-state index contributed by atoms with van der Waals surface area (Å²) in [4.78, 5) is 4.80. The van der Waals surface area contributed by atoms with Crippen molar-refractivity contribution in [2.45, 2.75) is 39.0 Å². The third-order valence-corrected chi connectivity index (χ3v) is 9.98. The highest BCUT2D eigenvalue weighted by Gasteiger charge is 2.23. The van der Waals surface area contributed by atoms with Crippen molar-refractivity contribution in [3.05, 3.63) is 102 Å². The Labute approximate surface area is 233 Å². The second-order valence-electron chi connectivity index (χ2n) is 11.2. The number of aromatic nitrogens is 1. The van der Waals surface area contributed by atoms with E-state index in [1.54, 1.807) is 0 Å². The van der Waals surface area contributed by atoms with Crippen LogP contribution in [0.15, 0.2) is 91.1 Å². The molecule has 2 bridgehead atoms. The number of nitrogens with zero attached hydrogens (tertiary/aromatic N) is 1. The highest BCUT2D eigenvalue weighted by Crippen LogP contribution is 2.49. The summed E-state index contributed by atoms with van der Waals surface area (Å²) in [5.41, 5.74) is 12.4. The first-order valence-electron chi connectivity index (χ1n) is 14.1. The number of hydrogen-bond donors (Lipinski definition) is 1. The lowest BCUT2D eigenvalue weighted by atomic mass is 9.87. The largest absolute Gasteiger partial charge is 0.354 e. The molecule has 39 heavy (non-hydrogen) atoms. The van der Waals surface area contributed by atoms with Crippen LogP contribution in [0, 0.1) is 12.8 Å². The molecule has 3 heterocycles. The Kier molecular flexibility index (Phi) is 5.34. The Morgan fingerprint density at radius 1 is 0.795 bits per heavy atom. The van der Waals surface area contributed by atoms with E-state index >= 15 is 0 Å². The third kappa shape index (κ3) is 3.79. The number of hydrogen-bond acceptors (Lipinski definition) is 3. The van der Waals surface area contributed by atoms with Gasteiger partial charge in [0.2, 0.25) is 0 Å². The number of anilines is 2. The van der Waals surface area contributed by atoms with Crippen LogP contribution in [0.2, 0.25) is 0 Å². The van der Waals surface area contributed by atoms with Crippen molar-refractivity contribution < 1.29 is 0 Å². The van der Waals surface area contributed by atoms with E-state index in [0.717, 1.165) is 23.0 Å². The second-order valence-corrected chi connectivity index (χ2v) is 12.3. The standard InChI is InChI=1S/C36H30N2S/c1-22-26-10-6-11-27(22)35-31(15-16-34-36(35)28-9-4-5-12-33(28)39-34)38-30-14-13-25(21-29(26)30)32-20-24(17-18-37-32)19-23-7-2-3-8-23/h4-6,9-18,20-21,23,38H,2-3,7-8,19H2,1H3. The van der Waals surface area contributed by atoms with Crippen molar-refractivity contribution in [2.24, 2.45) is 5.92 Å². The molecule has 1 aliphatic heterocycles. The minimum absolute atomic E-state index is 0.831. The Hall–Kier alpha value is -3.95. The molecule has 4 aromatic carbocycles. The zero-order valence-corrected chi connectivity index (χ0v) is 22.9. The van der Waals surface area contributed by atoms with Crippen LogP contribution < -0.4 is 5.32 Å². The summed E-state index contributed by atoms with van der Waals surface area (Å²) in [5, 5.41) is 6.54. The Morgan fingerprint density at radius 3 is 2.56 bits per heavy atom. The van der Waals surface area contributed by atoms with Crippen LogP contribution in [0.4, 0.5) is 11.4 Å². The van der Waals surface area contributed by atoms with Gasteiger partial charge in [-0.2, -0.15) is 0 Å². The molecular formula is C36H30N2S. The first kappa shape index (κ1) is 23.0. The molecule has 2 aliphatic rings. The summed E-state index contributed by atoms with van der Waals surface area (Å²) in [7, 11) is 0. The quantitative estimate of drug-likeness (QED) is 0.250. The predicted octanol–water partition coefficient (Wildman–Crippen LogP) is 10.5. The maximum absolute atomic E-state index is 4.80. The van der Waals surface area contributed by atoms with Gasteiger partial charge in [0, 0.05) is 54.4 Å². The van der Waals surface area contributed by atoms with E-state index < -0.39 is 0 Å². The minimum Gasteiger partial charge on any atom is -0.354 e. The van der Waals surface area contributed by atoms with Gasteiger partial charge in [-0.05, 0) is 84.0 Å². The molecule has 6 aromatic rings. The summed E-state index contributed by atoms with van der Waals surface area (Å²) in [6.07, 6.45) is 8.67. The van der Waals surface area contributed by atoms with Gasteiger partial charge in [0.1, 0.15) is 0 Å². The molecule has 1 N–H and O–H groups in total. The Balaban J connectivity index is 1.28. The van der Waals surface area contributed by atoms with Crippen molar-refractivity contribution in [3.63, 3.8) is 0 Å². The normalized spacial score (nSPS) is 14.6. The maximum atomic E-state index is 4.80. The van der Waals surface area contributed by atoms with Gasteiger partial charge in [-0.25, -0.2) is 0 Å². The van der Waals surface area contributed by atoms with Crippen molar-refractivity contribution in [1.82, 2.24) is 4.98 Å². The van der Waals surface area contributed by atoms with E-state index in [2.05, 4.69) is 97.2 Å². The fourth-order valence-electron chi connectivity index (χ4n) is 6.89. The van der Waals surface area contributed by atoms with E-state index in [1.807, 2.05) is 17.5 Å². The van der Waals surface area contributed by atoms with E-state index in [0.29, 0.717) is 0 Å². The molecule has 0 spiro atoms. The highest BCUT2D eigenvalue weighted by atomic mass is 32.1. The predicted molar refractivity (Wildman–Crippen MR) is 167 cm³/mol. The molecule has 190 valence electrons. The third-order valence-electron chi connectivity index (χ3n) is 8.84. The molecular weight excluding hydrogens is 492 g/mol. The number of benzene rings is 4. The van der Waals surface area contributed by atoms with Crippen molar-refractivity contribution in [3.8, 4) is 33.5 Å². The van der Waals surface area contributed by atoms with Gasteiger partial charge in [0.25, 0.3) is 0 Å². The molecule has 0 unspecified atom stereocenters. The number of pyridine rings is 1. The molecule has 0 atom stereocenters. The van der Waals surface area contributed by atoms with Crippen molar-refractivity contribution in [2.75, 3.05) is 5.32 Å². The summed E-state index contributed by atoms with van der Waals surface area (Å²) < 4.78 is 2.67. The monoisotopic (exact) mass is 522 g/mol. The van der Waals surface area contributed by atoms with Gasteiger partial charge in [-0.3, -0.25) is 4.98 Å². The van der Waals surface area contributed by atoms with Gasteiger partial charge in [-0.1, -0.05) is 68.1 Å². The molecule has 0 amide bonds. The van der Waals surface area contributed by atoms with Crippen LogP contribution in [0.25, 0.3) is 53.7 Å². The molecule has 2 aromatic heterocycles. The van der Waals surface area contributed by atoms with Gasteiger partial charge in [-0.15, -0.1) is 11.3 Å². The number of thiophene rings is 1. The van der Waals surface area contributed by atoms with Crippen LogP contribution in [0.5, 0.6) is 0 Å². The van der Waals surface area contributed by atoms with Crippen LogP contribution in [-0.2, 0) is 6.42 Å². The fourth-order valence-corrected chi connectivity index (χ4v) is 8.00. The zero-order valence-electron chi connectivity index (χ0n) is 22.1. The molecule has 1 fully saturated rings. The SMILES string of the molecule is Cc1c2cccc1-c1c(ccc3sc4ccccc4c13)Nc1ccc(-c3cc(CC4CCCC4)ccn3)cc1-2. The van der Waals surface area contributed by atoms with Gasteiger partial charge in [0.15, 0.2) is 0 Å². The first-order chi connectivity index (χ1) is 19.2.